The van der Waals surface area contributed by atoms with Crippen molar-refractivity contribution in [1.82, 2.24) is 9.80 Å². The second-order valence-corrected chi connectivity index (χ2v) is 9.57. The number of benzene rings is 1. The van der Waals surface area contributed by atoms with Gasteiger partial charge < -0.3 is 9.80 Å². The van der Waals surface area contributed by atoms with Gasteiger partial charge in [-0.2, -0.15) is 13.2 Å². The SMILES string of the molecule is CC1CCCN(C(=O)C2CCN(C(=O)CSc3ccc(Cl)c(C(F)(F)F)c3)CC2)C1. The highest BCUT2D eigenvalue weighted by molar-refractivity contribution is 8.00. The van der Waals surface area contributed by atoms with Gasteiger partial charge in [-0.05, 0) is 49.8 Å². The number of alkyl halides is 3. The summed E-state index contributed by atoms with van der Waals surface area (Å²) in [5.74, 6) is 0.621. The number of hydrogen-bond acceptors (Lipinski definition) is 3. The van der Waals surface area contributed by atoms with Crippen molar-refractivity contribution >= 4 is 35.2 Å². The largest absolute Gasteiger partial charge is 0.417 e. The van der Waals surface area contributed by atoms with Gasteiger partial charge in [0.15, 0.2) is 0 Å². The summed E-state index contributed by atoms with van der Waals surface area (Å²) >= 11 is 6.70. The maximum atomic E-state index is 13.0. The van der Waals surface area contributed by atoms with E-state index in [1.165, 1.54) is 12.1 Å². The van der Waals surface area contributed by atoms with Crippen LogP contribution in [0.4, 0.5) is 13.2 Å². The van der Waals surface area contributed by atoms with E-state index >= 15 is 0 Å². The molecule has 2 heterocycles. The Morgan fingerprint density at radius 1 is 1.13 bits per heavy atom. The minimum atomic E-state index is -4.53. The molecule has 1 atom stereocenters. The molecule has 1 aromatic carbocycles. The van der Waals surface area contributed by atoms with Crippen LogP contribution in [0.2, 0.25) is 5.02 Å². The van der Waals surface area contributed by atoms with Gasteiger partial charge in [-0.15, -0.1) is 11.8 Å². The molecule has 2 fully saturated rings. The zero-order valence-corrected chi connectivity index (χ0v) is 18.5. The van der Waals surface area contributed by atoms with E-state index in [0.717, 1.165) is 43.8 Å². The molecule has 0 saturated carbocycles. The first kappa shape index (κ1) is 23.3. The lowest BCUT2D eigenvalue weighted by atomic mass is 9.93. The van der Waals surface area contributed by atoms with Crippen LogP contribution in [-0.4, -0.2) is 53.5 Å². The molecule has 0 aromatic heterocycles. The molecule has 30 heavy (non-hydrogen) atoms. The van der Waals surface area contributed by atoms with Crippen LogP contribution < -0.4 is 0 Å². The van der Waals surface area contributed by atoms with E-state index in [1.807, 2.05) is 4.90 Å². The number of carbonyl (C=O) groups is 2. The van der Waals surface area contributed by atoms with Gasteiger partial charge in [-0.1, -0.05) is 18.5 Å². The Morgan fingerprint density at radius 3 is 2.47 bits per heavy atom. The highest BCUT2D eigenvalue weighted by atomic mass is 35.5. The van der Waals surface area contributed by atoms with Gasteiger partial charge in [0.2, 0.25) is 11.8 Å². The molecule has 0 aliphatic carbocycles. The minimum absolute atomic E-state index is 0.0439. The molecule has 2 amide bonds. The summed E-state index contributed by atoms with van der Waals surface area (Å²) in [5.41, 5.74) is -0.895. The fourth-order valence-electron chi connectivity index (χ4n) is 4.07. The van der Waals surface area contributed by atoms with Crippen LogP contribution in [0.1, 0.15) is 38.2 Å². The van der Waals surface area contributed by atoms with Crippen LogP contribution in [0.3, 0.4) is 0 Å². The zero-order valence-electron chi connectivity index (χ0n) is 16.9. The standard InChI is InChI=1S/C21H26ClF3N2O2S/c1-14-3-2-8-27(12-14)20(29)15-6-9-26(10-7-15)19(28)13-30-16-4-5-18(22)17(11-16)21(23,24)25/h4-5,11,14-15H,2-3,6-10,12-13H2,1H3. The molecule has 2 aliphatic rings. The molecule has 4 nitrogen and oxygen atoms in total. The first-order valence-corrected chi connectivity index (χ1v) is 11.6. The third-order valence-corrected chi connectivity index (χ3v) is 7.08. The average Bonchev–Trinajstić information content (AvgIpc) is 2.71. The molecule has 0 spiro atoms. The number of nitrogens with zero attached hydrogens (tertiary/aromatic N) is 2. The van der Waals surface area contributed by atoms with Gasteiger partial charge in [-0.25, -0.2) is 0 Å². The van der Waals surface area contributed by atoms with Gasteiger partial charge in [0.1, 0.15) is 0 Å². The van der Waals surface area contributed by atoms with Crippen molar-refractivity contribution in [3.05, 3.63) is 28.8 Å². The molecule has 0 N–H and O–H groups in total. The fourth-order valence-corrected chi connectivity index (χ4v) is 5.13. The number of thioether (sulfide) groups is 1. The van der Waals surface area contributed by atoms with Gasteiger partial charge in [0.25, 0.3) is 0 Å². The van der Waals surface area contributed by atoms with Crippen molar-refractivity contribution < 1.29 is 22.8 Å². The van der Waals surface area contributed by atoms with E-state index in [-0.39, 0.29) is 28.5 Å². The molecule has 0 radical (unpaired) electrons. The fraction of sp³-hybridized carbons (Fsp3) is 0.619. The lowest BCUT2D eigenvalue weighted by Crippen LogP contribution is -2.47. The zero-order chi connectivity index (χ0) is 21.9. The van der Waals surface area contributed by atoms with Crippen LogP contribution >= 0.6 is 23.4 Å². The third-order valence-electron chi connectivity index (χ3n) is 5.77. The molecule has 2 saturated heterocycles. The Labute approximate surface area is 184 Å². The molecule has 0 bridgehead atoms. The summed E-state index contributed by atoms with van der Waals surface area (Å²) in [4.78, 5) is 29.3. The Kier molecular flexibility index (Phi) is 7.61. The molecule has 1 aromatic rings. The van der Waals surface area contributed by atoms with Gasteiger partial charge in [0.05, 0.1) is 16.3 Å². The second kappa shape index (κ2) is 9.81. The maximum Gasteiger partial charge on any atom is 0.417 e. The van der Waals surface area contributed by atoms with Crippen molar-refractivity contribution in [2.24, 2.45) is 11.8 Å². The summed E-state index contributed by atoms with van der Waals surface area (Å²) in [6.07, 6.45) is -1.05. The number of halogens is 4. The lowest BCUT2D eigenvalue weighted by molar-refractivity contribution is -0.141. The van der Waals surface area contributed by atoms with E-state index in [2.05, 4.69) is 6.92 Å². The Bertz CT molecular complexity index is 782. The van der Waals surface area contributed by atoms with Crippen molar-refractivity contribution in [2.45, 2.75) is 43.7 Å². The summed E-state index contributed by atoms with van der Waals surface area (Å²) in [7, 11) is 0. The topological polar surface area (TPSA) is 40.6 Å². The molecule has 166 valence electrons. The highest BCUT2D eigenvalue weighted by Gasteiger charge is 2.34. The number of likely N-dealkylation sites (tertiary alicyclic amines) is 2. The maximum absolute atomic E-state index is 13.0. The third kappa shape index (κ3) is 5.84. The molecule has 9 heteroatoms. The van der Waals surface area contributed by atoms with Crippen LogP contribution in [0.25, 0.3) is 0 Å². The van der Waals surface area contributed by atoms with Crippen LogP contribution in [0.15, 0.2) is 23.1 Å². The second-order valence-electron chi connectivity index (χ2n) is 8.11. The first-order valence-electron chi connectivity index (χ1n) is 10.2. The van der Waals surface area contributed by atoms with E-state index in [0.29, 0.717) is 36.7 Å². The summed E-state index contributed by atoms with van der Waals surface area (Å²) in [5, 5.41) is -0.354. The Balaban J connectivity index is 1.48. The Hall–Kier alpha value is -1.41. The van der Waals surface area contributed by atoms with E-state index in [4.69, 9.17) is 11.6 Å². The molecule has 2 aliphatic heterocycles. The lowest BCUT2D eigenvalue weighted by Gasteiger charge is -2.37. The van der Waals surface area contributed by atoms with Gasteiger partial charge >= 0.3 is 6.18 Å². The summed E-state index contributed by atoms with van der Waals surface area (Å²) in [6, 6.07) is 3.67. The number of rotatable bonds is 4. The van der Waals surface area contributed by atoms with Crippen molar-refractivity contribution in [2.75, 3.05) is 31.9 Å². The molecule has 1 unspecified atom stereocenters. The summed E-state index contributed by atoms with van der Waals surface area (Å²) < 4.78 is 38.9. The van der Waals surface area contributed by atoms with Crippen LogP contribution in [0.5, 0.6) is 0 Å². The van der Waals surface area contributed by atoms with Crippen molar-refractivity contribution in [1.29, 1.82) is 0 Å². The van der Waals surface area contributed by atoms with Crippen LogP contribution in [-0.2, 0) is 15.8 Å². The minimum Gasteiger partial charge on any atom is -0.342 e. The molecular formula is C21H26ClF3N2O2S. The van der Waals surface area contributed by atoms with Crippen molar-refractivity contribution in [3.8, 4) is 0 Å². The normalized spacial score (nSPS) is 21.0. The number of piperidine rings is 2. The van der Waals surface area contributed by atoms with E-state index in [1.54, 1.807) is 4.90 Å². The summed E-state index contributed by atoms with van der Waals surface area (Å²) in [6.45, 7) is 4.81. The van der Waals surface area contributed by atoms with Crippen molar-refractivity contribution in [3.63, 3.8) is 0 Å². The predicted molar refractivity (Wildman–Crippen MR) is 111 cm³/mol. The first-order chi connectivity index (χ1) is 14.1. The highest BCUT2D eigenvalue weighted by Crippen LogP contribution is 2.37. The average molecular weight is 463 g/mol. The number of carbonyl (C=O) groups excluding carboxylic acids is 2. The monoisotopic (exact) mass is 462 g/mol. The van der Waals surface area contributed by atoms with Gasteiger partial charge in [0, 0.05) is 37.0 Å². The quantitative estimate of drug-likeness (QED) is 0.594. The Morgan fingerprint density at radius 2 is 1.83 bits per heavy atom. The van der Waals surface area contributed by atoms with Crippen LogP contribution in [0, 0.1) is 11.8 Å². The molecular weight excluding hydrogens is 437 g/mol. The number of hydrogen-bond donors (Lipinski definition) is 0. The predicted octanol–water partition coefficient (Wildman–Crippen LogP) is 4.95. The smallest absolute Gasteiger partial charge is 0.342 e. The van der Waals surface area contributed by atoms with E-state index in [9.17, 15) is 22.8 Å². The number of amides is 2. The molecule has 3 rings (SSSR count). The van der Waals surface area contributed by atoms with E-state index < -0.39 is 11.7 Å². The van der Waals surface area contributed by atoms with Gasteiger partial charge in [-0.3, -0.25) is 9.59 Å².